The summed E-state index contributed by atoms with van der Waals surface area (Å²) < 4.78 is 13.5. The molecule has 1 aromatic carbocycles. The smallest absolute Gasteiger partial charge is 0.191 e. The Morgan fingerprint density at radius 3 is 2.92 bits per heavy atom. The molecule has 1 heterocycles. The van der Waals surface area contributed by atoms with E-state index in [2.05, 4.69) is 27.4 Å². The minimum Gasteiger partial charge on any atom is -0.392 e. The number of benzene rings is 1. The minimum absolute atomic E-state index is 0.295. The molecule has 2 rings (SSSR count). The second-order valence-corrected chi connectivity index (χ2v) is 6.94. The maximum atomic E-state index is 13.5. The molecule has 1 atom stereocenters. The highest BCUT2D eigenvalue weighted by atomic mass is 19.1. The number of rotatable bonds is 8. The Hall–Kier alpha value is -1.66. The summed E-state index contributed by atoms with van der Waals surface area (Å²) in [4.78, 5) is 7.14. The summed E-state index contributed by atoms with van der Waals surface area (Å²) >= 11 is 0. The summed E-state index contributed by atoms with van der Waals surface area (Å²) in [6, 6.07) is 5.46. The molecule has 1 fully saturated rings. The molecule has 1 aromatic rings. The molecule has 6 heteroatoms. The summed E-state index contributed by atoms with van der Waals surface area (Å²) in [5.74, 6) is 0.395. The lowest BCUT2D eigenvalue weighted by molar-refractivity contribution is 0.159. The fourth-order valence-corrected chi connectivity index (χ4v) is 3.34. The van der Waals surface area contributed by atoms with E-state index in [-0.39, 0.29) is 12.4 Å². The Morgan fingerprint density at radius 2 is 2.19 bits per heavy atom. The van der Waals surface area contributed by atoms with E-state index in [1.165, 1.54) is 31.9 Å². The molecule has 0 amide bonds. The van der Waals surface area contributed by atoms with E-state index in [4.69, 9.17) is 5.11 Å². The van der Waals surface area contributed by atoms with Crippen molar-refractivity contribution >= 4 is 5.96 Å². The molecule has 0 spiro atoms. The van der Waals surface area contributed by atoms with E-state index in [9.17, 15) is 4.39 Å². The van der Waals surface area contributed by atoms with Crippen molar-refractivity contribution in [3.63, 3.8) is 0 Å². The maximum Gasteiger partial charge on any atom is 0.191 e. The zero-order chi connectivity index (χ0) is 18.8. The van der Waals surface area contributed by atoms with Crippen molar-refractivity contribution in [2.75, 3.05) is 26.2 Å². The number of aliphatic hydroxyl groups is 1. The third-order valence-corrected chi connectivity index (χ3v) is 4.90. The molecular weight excluding hydrogens is 331 g/mol. The van der Waals surface area contributed by atoms with Crippen LogP contribution in [0.15, 0.2) is 23.2 Å². The van der Waals surface area contributed by atoms with E-state index in [1.807, 2.05) is 6.92 Å². The van der Waals surface area contributed by atoms with Crippen molar-refractivity contribution in [1.82, 2.24) is 15.5 Å². The number of hydrogen-bond donors (Lipinski definition) is 3. The van der Waals surface area contributed by atoms with E-state index in [0.717, 1.165) is 37.6 Å². The van der Waals surface area contributed by atoms with Gasteiger partial charge in [-0.2, -0.15) is 0 Å². The van der Waals surface area contributed by atoms with Crippen molar-refractivity contribution in [1.29, 1.82) is 0 Å². The lowest BCUT2D eigenvalue weighted by atomic mass is 10.0. The zero-order valence-corrected chi connectivity index (χ0v) is 16.1. The van der Waals surface area contributed by atoms with Crippen molar-refractivity contribution in [3.05, 3.63) is 35.1 Å². The van der Waals surface area contributed by atoms with Gasteiger partial charge >= 0.3 is 0 Å². The minimum atomic E-state index is -0.378. The molecule has 0 radical (unpaired) electrons. The summed E-state index contributed by atoms with van der Waals surface area (Å²) in [5.41, 5.74) is 1.20. The Morgan fingerprint density at radius 1 is 1.35 bits per heavy atom. The van der Waals surface area contributed by atoms with Crippen LogP contribution in [0, 0.1) is 5.82 Å². The fourth-order valence-electron chi connectivity index (χ4n) is 3.34. The number of piperidine rings is 1. The predicted molar refractivity (Wildman–Crippen MR) is 105 cm³/mol. The van der Waals surface area contributed by atoms with Gasteiger partial charge in [-0.15, -0.1) is 0 Å². The van der Waals surface area contributed by atoms with Crippen molar-refractivity contribution in [2.24, 2.45) is 4.99 Å². The van der Waals surface area contributed by atoms with Crippen LogP contribution in [0.1, 0.15) is 50.7 Å². The van der Waals surface area contributed by atoms with Gasteiger partial charge in [0.2, 0.25) is 0 Å². The SMILES string of the molecule is CCNC(=NCc1ccc(F)c(CO)c1)NCCCN1CCCCC1C. The highest BCUT2D eigenvalue weighted by Gasteiger charge is 2.17. The van der Waals surface area contributed by atoms with E-state index < -0.39 is 0 Å². The van der Waals surface area contributed by atoms with Gasteiger partial charge in [0, 0.05) is 31.2 Å². The number of hydrogen-bond acceptors (Lipinski definition) is 3. The standard InChI is InChI=1S/C20H33FN4O/c1-3-22-20(23-10-6-12-25-11-5-4-7-16(25)2)24-14-17-8-9-19(21)18(13-17)15-26/h8-9,13,16,26H,3-7,10-12,14-15H2,1-2H3,(H2,22,23,24). The Bertz CT molecular complexity index is 579. The van der Waals surface area contributed by atoms with Gasteiger partial charge < -0.3 is 20.6 Å². The van der Waals surface area contributed by atoms with Gasteiger partial charge in [0.15, 0.2) is 5.96 Å². The van der Waals surface area contributed by atoms with Crippen LogP contribution in [-0.2, 0) is 13.2 Å². The normalized spacial score (nSPS) is 18.8. The van der Waals surface area contributed by atoms with Crippen LogP contribution in [0.3, 0.4) is 0 Å². The molecule has 146 valence electrons. The van der Waals surface area contributed by atoms with Crippen molar-refractivity contribution in [2.45, 2.75) is 58.7 Å². The summed E-state index contributed by atoms with van der Waals surface area (Å²) in [6.45, 7) is 8.51. The Kier molecular flexibility index (Phi) is 8.85. The molecule has 1 aliphatic heterocycles. The van der Waals surface area contributed by atoms with Crippen LogP contribution in [0.5, 0.6) is 0 Å². The maximum absolute atomic E-state index is 13.5. The van der Waals surface area contributed by atoms with Crippen molar-refractivity contribution < 1.29 is 9.50 Å². The van der Waals surface area contributed by atoms with Gasteiger partial charge in [-0.05, 0) is 57.4 Å². The summed E-state index contributed by atoms with van der Waals surface area (Å²) in [5, 5.41) is 15.8. The average molecular weight is 365 g/mol. The number of guanidine groups is 1. The largest absolute Gasteiger partial charge is 0.392 e. The molecule has 1 unspecified atom stereocenters. The molecular formula is C20H33FN4O. The van der Waals surface area contributed by atoms with E-state index >= 15 is 0 Å². The first-order chi connectivity index (χ1) is 12.6. The zero-order valence-electron chi connectivity index (χ0n) is 16.1. The van der Waals surface area contributed by atoms with Crippen LogP contribution in [0.25, 0.3) is 0 Å². The van der Waals surface area contributed by atoms with Gasteiger partial charge in [-0.25, -0.2) is 9.38 Å². The van der Waals surface area contributed by atoms with Crippen LogP contribution < -0.4 is 10.6 Å². The second kappa shape index (κ2) is 11.1. The number of likely N-dealkylation sites (tertiary alicyclic amines) is 1. The monoisotopic (exact) mass is 364 g/mol. The predicted octanol–water partition coefficient (Wildman–Crippen LogP) is 2.64. The lowest BCUT2D eigenvalue weighted by Gasteiger charge is -2.33. The number of nitrogens with one attached hydrogen (secondary N) is 2. The van der Waals surface area contributed by atoms with Gasteiger partial charge in [0.1, 0.15) is 5.82 Å². The first-order valence-electron chi connectivity index (χ1n) is 9.78. The first-order valence-corrected chi connectivity index (χ1v) is 9.78. The molecule has 0 saturated carbocycles. The average Bonchev–Trinajstić information content (AvgIpc) is 2.65. The van der Waals surface area contributed by atoms with Gasteiger partial charge in [0.05, 0.1) is 13.2 Å². The van der Waals surface area contributed by atoms with Gasteiger partial charge in [-0.1, -0.05) is 12.5 Å². The van der Waals surface area contributed by atoms with Crippen molar-refractivity contribution in [3.8, 4) is 0 Å². The Labute approximate surface area is 156 Å². The fraction of sp³-hybridized carbons (Fsp3) is 0.650. The molecule has 26 heavy (non-hydrogen) atoms. The van der Waals surface area contributed by atoms with E-state index in [1.54, 1.807) is 12.1 Å². The highest BCUT2D eigenvalue weighted by molar-refractivity contribution is 5.79. The third kappa shape index (κ3) is 6.57. The van der Waals surface area contributed by atoms with Gasteiger partial charge in [-0.3, -0.25) is 0 Å². The molecule has 0 aromatic heterocycles. The molecule has 0 bridgehead atoms. The Balaban J connectivity index is 1.80. The number of aliphatic hydroxyl groups excluding tert-OH is 1. The van der Waals surface area contributed by atoms with Crippen LogP contribution in [0.2, 0.25) is 0 Å². The lowest BCUT2D eigenvalue weighted by Crippen LogP contribution is -2.41. The topological polar surface area (TPSA) is 59.9 Å². The number of aliphatic imine (C=N–C) groups is 1. The van der Waals surface area contributed by atoms with Crippen LogP contribution >= 0.6 is 0 Å². The molecule has 1 aliphatic rings. The third-order valence-electron chi connectivity index (χ3n) is 4.90. The molecule has 0 aliphatic carbocycles. The summed E-state index contributed by atoms with van der Waals surface area (Å²) in [6.07, 6.45) is 5.06. The number of nitrogens with zero attached hydrogens (tertiary/aromatic N) is 2. The number of halogens is 1. The second-order valence-electron chi connectivity index (χ2n) is 6.94. The molecule has 5 nitrogen and oxygen atoms in total. The highest BCUT2D eigenvalue weighted by Crippen LogP contribution is 2.16. The molecule has 3 N–H and O–H groups in total. The van der Waals surface area contributed by atoms with E-state index in [0.29, 0.717) is 18.2 Å². The van der Waals surface area contributed by atoms with Crippen LogP contribution in [0.4, 0.5) is 4.39 Å². The quantitative estimate of drug-likeness (QED) is 0.377. The van der Waals surface area contributed by atoms with Crippen LogP contribution in [-0.4, -0.2) is 48.2 Å². The molecule has 1 saturated heterocycles. The summed E-state index contributed by atoms with van der Waals surface area (Å²) in [7, 11) is 0. The van der Waals surface area contributed by atoms with Gasteiger partial charge in [0.25, 0.3) is 0 Å². The first kappa shape index (κ1) is 20.6.